The van der Waals surface area contributed by atoms with E-state index in [9.17, 15) is 14.4 Å². The number of hydrogen-bond donors (Lipinski definition) is 2. The Hall–Kier alpha value is -3.74. The molecule has 1 atom stereocenters. The molecule has 0 aliphatic carbocycles. The van der Waals surface area contributed by atoms with E-state index in [4.69, 9.17) is 4.74 Å². The fourth-order valence-corrected chi connectivity index (χ4v) is 2.59. The van der Waals surface area contributed by atoms with Crippen molar-refractivity contribution in [2.24, 2.45) is 0 Å². The van der Waals surface area contributed by atoms with Crippen molar-refractivity contribution in [1.82, 2.24) is 10.2 Å². The van der Waals surface area contributed by atoms with Crippen LogP contribution in [0.15, 0.2) is 60.7 Å². The Morgan fingerprint density at radius 3 is 2.43 bits per heavy atom. The van der Waals surface area contributed by atoms with E-state index in [0.717, 1.165) is 5.56 Å². The summed E-state index contributed by atoms with van der Waals surface area (Å²) in [6.45, 7) is 2.87. The summed E-state index contributed by atoms with van der Waals surface area (Å²) in [5, 5.41) is 9.33. The number of esters is 1. The number of aromatic nitrogens is 2. The number of carbonyl (C=O) groups excluding carboxylic acids is 3. The van der Waals surface area contributed by atoms with Gasteiger partial charge in [-0.25, -0.2) is 4.79 Å². The number of ketones is 1. The number of hydrogen-bond acceptors (Lipinski definition) is 5. The quantitative estimate of drug-likeness (QED) is 0.506. The molecule has 0 fully saturated rings. The molecular weight excluding hydrogens is 358 g/mol. The monoisotopic (exact) mass is 377 g/mol. The number of nitrogens with zero attached hydrogens (tertiary/aromatic N) is 1. The molecule has 0 radical (unpaired) electrons. The Kier molecular flexibility index (Phi) is 5.64. The SMILES string of the molecule is CC(=O)c1ccccc1NC(=O)[C@H](C)OC(=O)c1cc(-c2ccccc2)n[nH]1. The lowest BCUT2D eigenvalue weighted by Crippen LogP contribution is -2.30. The highest BCUT2D eigenvalue weighted by atomic mass is 16.5. The molecule has 0 spiro atoms. The van der Waals surface area contributed by atoms with E-state index in [0.29, 0.717) is 16.9 Å². The largest absolute Gasteiger partial charge is 0.448 e. The zero-order chi connectivity index (χ0) is 20.1. The van der Waals surface area contributed by atoms with Crippen LogP contribution < -0.4 is 5.32 Å². The first-order valence-electron chi connectivity index (χ1n) is 8.68. The number of ether oxygens (including phenoxy) is 1. The summed E-state index contributed by atoms with van der Waals surface area (Å²) in [4.78, 5) is 36.3. The lowest BCUT2D eigenvalue weighted by molar-refractivity contribution is -0.123. The third-order valence-electron chi connectivity index (χ3n) is 4.08. The fourth-order valence-electron chi connectivity index (χ4n) is 2.59. The smallest absolute Gasteiger partial charge is 0.357 e. The minimum absolute atomic E-state index is 0.141. The van der Waals surface area contributed by atoms with Crippen LogP contribution in [0.3, 0.4) is 0 Å². The zero-order valence-electron chi connectivity index (χ0n) is 15.4. The van der Waals surface area contributed by atoms with Gasteiger partial charge in [0, 0.05) is 11.1 Å². The van der Waals surface area contributed by atoms with Gasteiger partial charge in [0.05, 0.1) is 11.4 Å². The summed E-state index contributed by atoms with van der Waals surface area (Å²) < 4.78 is 5.21. The number of Topliss-reactive ketones (excluding diaryl/α,β-unsaturated/α-hetero) is 1. The number of aromatic amines is 1. The van der Waals surface area contributed by atoms with Crippen LogP contribution in [0.4, 0.5) is 5.69 Å². The third kappa shape index (κ3) is 4.32. The predicted molar refractivity (Wildman–Crippen MR) is 104 cm³/mol. The van der Waals surface area contributed by atoms with Gasteiger partial charge in [-0.3, -0.25) is 14.7 Å². The highest BCUT2D eigenvalue weighted by Gasteiger charge is 2.22. The Balaban J connectivity index is 1.65. The maximum Gasteiger partial charge on any atom is 0.357 e. The molecule has 1 heterocycles. The average Bonchev–Trinajstić information content (AvgIpc) is 3.19. The van der Waals surface area contributed by atoms with Crippen molar-refractivity contribution in [2.75, 3.05) is 5.32 Å². The number of nitrogens with one attached hydrogen (secondary N) is 2. The molecule has 7 nitrogen and oxygen atoms in total. The highest BCUT2D eigenvalue weighted by molar-refractivity contribution is 6.05. The van der Waals surface area contributed by atoms with E-state index in [1.165, 1.54) is 13.8 Å². The lowest BCUT2D eigenvalue weighted by atomic mass is 10.1. The Morgan fingerprint density at radius 2 is 1.71 bits per heavy atom. The topological polar surface area (TPSA) is 101 Å². The van der Waals surface area contributed by atoms with Crippen LogP contribution in [0.2, 0.25) is 0 Å². The van der Waals surface area contributed by atoms with Gasteiger partial charge in [-0.05, 0) is 32.0 Å². The van der Waals surface area contributed by atoms with Crippen molar-refractivity contribution in [3.8, 4) is 11.3 Å². The van der Waals surface area contributed by atoms with Crippen LogP contribution in [-0.4, -0.2) is 34.0 Å². The summed E-state index contributed by atoms with van der Waals surface area (Å²) in [5.41, 5.74) is 2.35. The number of H-pyrrole nitrogens is 1. The number of anilines is 1. The fraction of sp³-hybridized carbons (Fsp3) is 0.143. The molecule has 0 saturated heterocycles. The third-order valence-corrected chi connectivity index (χ3v) is 4.08. The molecule has 2 aromatic carbocycles. The molecule has 7 heteroatoms. The second-order valence-electron chi connectivity index (χ2n) is 6.17. The van der Waals surface area contributed by atoms with Crippen molar-refractivity contribution in [1.29, 1.82) is 0 Å². The maximum atomic E-state index is 12.4. The van der Waals surface area contributed by atoms with Gasteiger partial charge in [0.2, 0.25) is 0 Å². The Bertz CT molecular complexity index is 1010. The summed E-state index contributed by atoms with van der Waals surface area (Å²) >= 11 is 0. The van der Waals surface area contributed by atoms with Crippen LogP contribution >= 0.6 is 0 Å². The highest BCUT2D eigenvalue weighted by Crippen LogP contribution is 2.18. The maximum absolute atomic E-state index is 12.4. The van der Waals surface area contributed by atoms with Gasteiger partial charge in [-0.15, -0.1) is 0 Å². The van der Waals surface area contributed by atoms with Crippen LogP contribution in [0.5, 0.6) is 0 Å². The van der Waals surface area contributed by atoms with E-state index in [2.05, 4.69) is 15.5 Å². The molecule has 0 saturated carbocycles. The van der Waals surface area contributed by atoms with Crippen molar-refractivity contribution in [3.63, 3.8) is 0 Å². The molecule has 3 rings (SSSR count). The minimum atomic E-state index is -1.06. The number of para-hydroxylation sites is 1. The van der Waals surface area contributed by atoms with Crippen LogP contribution in [0.1, 0.15) is 34.7 Å². The number of rotatable bonds is 6. The van der Waals surface area contributed by atoms with Gasteiger partial charge in [-0.2, -0.15) is 5.10 Å². The normalized spacial score (nSPS) is 11.5. The van der Waals surface area contributed by atoms with Crippen molar-refractivity contribution >= 4 is 23.3 Å². The standard InChI is InChI=1S/C21H19N3O4/c1-13(25)16-10-6-7-11-17(16)22-20(26)14(2)28-21(27)19-12-18(23-24-19)15-8-4-3-5-9-15/h3-12,14H,1-2H3,(H,22,26)(H,23,24)/t14-/m0/s1. The lowest BCUT2D eigenvalue weighted by Gasteiger charge is -2.14. The van der Waals surface area contributed by atoms with Gasteiger partial charge in [0.15, 0.2) is 11.9 Å². The summed E-state index contributed by atoms with van der Waals surface area (Å²) in [7, 11) is 0. The minimum Gasteiger partial charge on any atom is -0.448 e. The average molecular weight is 377 g/mol. The number of carbonyl (C=O) groups is 3. The molecule has 0 bridgehead atoms. The second kappa shape index (κ2) is 8.30. The zero-order valence-corrected chi connectivity index (χ0v) is 15.4. The second-order valence-corrected chi connectivity index (χ2v) is 6.17. The van der Waals surface area contributed by atoms with E-state index in [-0.39, 0.29) is 11.5 Å². The molecule has 0 unspecified atom stereocenters. The van der Waals surface area contributed by atoms with Crippen LogP contribution in [0.25, 0.3) is 11.3 Å². The number of benzene rings is 2. The molecule has 1 aromatic heterocycles. The van der Waals surface area contributed by atoms with Gasteiger partial charge in [0.25, 0.3) is 5.91 Å². The first kappa shape index (κ1) is 19.0. The van der Waals surface area contributed by atoms with E-state index >= 15 is 0 Å². The summed E-state index contributed by atoms with van der Waals surface area (Å²) in [6, 6.07) is 17.6. The molecule has 142 valence electrons. The first-order chi connectivity index (χ1) is 13.5. The van der Waals surface area contributed by atoms with Gasteiger partial charge in [0.1, 0.15) is 5.69 Å². The van der Waals surface area contributed by atoms with Gasteiger partial charge in [-0.1, -0.05) is 42.5 Å². The molecule has 28 heavy (non-hydrogen) atoms. The Morgan fingerprint density at radius 1 is 1.04 bits per heavy atom. The van der Waals surface area contributed by atoms with Crippen molar-refractivity contribution in [2.45, 2.75) is 20.0 Å². The number of amides is 1. The van der Waals surface area contributed by atoms with E-state index in [1.54, 1.807) is 30.3 Å². The molecule has 0 aliphatic rings. The predicted octanol–water partition coefficient (Wildman–Crippen LogP) is 3.46. The summed E-state index contributed by atoms with van der Waals surface area (Å²) in [5.74, 6) is -1.41. The van der Waals surface area contributed by atoms with Crippen LogP contribution in [0, 0.1) is 0 Å². The van der Waals surface area contributed by atoms with Crippen molar-refractivity contribution < 1.29 is 19.1 Å². The van der Waals surface area contributed by atoms with E-state index < -0.39 is 18.0 Å². The summed E-state index contributed by atoms with van der Waals surface area (Å²) in [6.07, 6.45) is -1.06. The molecule has 3 aromatic rings. The molecule has 2 N–H and O–H groups in total. The van der Waals surface area contributed by atoms with Crippen LogP contribution in [-0.2, 0) is 9.53 Å². The van der Waals surface area contributed by atoms with Gasteiger partial charge >= 0.3 is 5.97 Å². The van der Waals surface area contributed by atoms with E-state index in [1.807, 2.05) is 30.3 Å². The van der Waals surface area contributed by atoms with Gasteiger partial charge < -0.3 is 10.1 Å². The molecule has 1 amide bonds. The van der Waals surface area contributed by atoms with Crippen molar-refractivity contribution in [3.05, 3.63) is 71.9 Å². The molecule has 0 aliphatic heterocycles. The Labute approximate surface area is 161 Å². The first-order valence-corrected chi connectivity index (χ1v) is 8.68. The molecular formula is C21H19N3O4.